The molecule has 4 rings (SSSR count). The van der Waals surface area contributed by atoms with E-state index in [1.54, 1.807) is 40.5 Å². The maximum absolute atomic E-state index is 13.8. The molecule has 0 N–H and O–H groups in total. The van der Waals surface area contributed by atoms with E-state index in [4.69, 9.17) is 11.6 Å². The Kier molecular flexibility index (Phi) is 7.74. The van der Waals surface area contributed by atoms with E-state index in [0.717, 1.165) is 18.4 Å². The first kappa shape index (κ1) is 24.5. The van der Waals surface area contributed by atoms with Gasteiger partial charge in [0.2, 0.25) is 5.91 Å². The number of carbonyl (C=O) groups is 2. The Balaban J connectivity index is 1.62. The summed E-state index contributed by atoms with van der Waals surface area (Å²) in [5.74, 6) is 0.279. The van der Waals surface area contributed by atoms with Gasteiger partial charge in [0, 0.05) is 28.6 Å². The van der Waals surface area contributed by atoms with Gasteiger partial charge in [-0.1, -0.05) is 49.7 Å². The van der Waals surface area contributed by atoms with E-state index in [0.29, 0.717) is 29.6 Å². The summed E-state index contributed by atoms with van der Waals surface area (Å²) in [6.07, 6.45) is 1.68. The van der Waals surface area contributed by atoms with Crippen molar-refractivity contribution >= 4 is 34.8 Å². The standard InChI is InChI=1S/C28H31ClN2O2S/c1-19(2)12-15-30(28(33)21-8-10-22(29)11-9-21)18-26(32)31-16-13-25-24(14-17-34-25)27(31)23-7-5-4-6-20(23)3/h4-11,14,17,19,27H,12-13,15-16,18H2,1-3H3. The number of hydrogen-bond acceptors (Lipinski definition) is 3. The Morgan fingerprint density at radius 1 is 1.09 bits per heavy atom. The van der Waals surface area contributed by atoms with Crippen LogP contribution in [0.5, 0.6) is 0 Å². The second-order valence-corrected chi connectivity index (χ2v) is 10.7. The van der Waals surface area contributed by atoms with Crippen molar-refractivity contribution in [2.75, 3.05) is 19.6 Å². The molecule has 1 aliphatic rings. The quantitative estimate of drug-likeness (QED) is 0.382. The highest BCUT2D eigenvalue weighted by Gasteiger charge is 2.34. The maximum atomic E-state index is 13.8. The van der Waals surface area contributed by atoms with E-state index in [1.807, 2.05) is 17.0 Å². The summed E-state index contributed by atoms with van der Waals surface area (Å²) >= 11 is 7.78. The fraction of sp³-hybridized carbons (Fsp3) is 0.357. The van der Waals surface area contributed by atoms with Crippen LogP contribution in [0.2, 0.25) is 5.02 Å². The van der Waals surface area contributed by atoms with Crippen molar-refractivity contribution in [2.45, 2.75) is 39.7 Å². The predicted octanol–water partition coefficient (Wildman–Crippen LogP) is 6.37. The van der Waals surface area contributed by atoms with Crippen LogP contribution in [0.4, 0.5) is 0 Å². The summed E-state index contributed by atoms with van der Waals surface area (Å²) in [5.41, 5.74) is 4.07. The lowest BCUT2D eigenvalue weighted by molar-refractivity contribution is -0.134. The van der Waals surface area contributed by atoms with Gasteiger partial charge in [-0.15, -0.1) is 11.3 Å². The Hall–Kier alpha value is -2.63. The molecule has 178 valence electrons. The van der Waals surface area contributed by atoms with Crippen molar-refractivity contribution in [3.05, 3.63) is 92.1 Å². The number of aryl methyl sites for hydroxylation is 1. The number of amides is 2. The number of nitrogens with zero attached hydrogens (tertiary/aromatic N) is 2. The van der Waals surface area contributed by atoms with Gasteiger partial charge in [0.15, 0.2) is 0 Å². The maximum Gasteiger partial charge on any atom is 0.254 e. The van der Waals surface area contributed by atoms with Crippen LogP contribution in [0.25, 0.3) is 0 Å². The normalized spacial score (nSPS) is 15.3. The molecule has 0 saturated heterocycles. The van der Waals surface area contributed by atoms with Gasteiger partial charge in [0.25, 0.3) is 5.91 Å². The fourth-order valence-corrected chi connectivity index (χ4v) is 5.54. The molecule has 2 heterocycles. The van der Waals surface area contributed by atoms with E-state index in [2.05, 4.69) is 44.4 Å². The zero-order chi connectivity index (χ0) is 24.2. The Morgan fingerprint density at radius 2 is 1.82 bits per heavy atom. The minimum Gasteiger partial charge on any atom is -0.330 e. The first-order valence-corrected chi connectivity index (χ1v) is 13.1. The Labute approximate surface area is 211 Å². The second kappa shape index (κ2) is 10.7. The topological polar surface area (TPSA) is 40.6 Å². The largest absolute Gasteiger partial charge is 0.330 e. The zero-order valence-electron chi connectivity index (χ0n) is 20.0. The van der Waals surface area contributed by atoms with E-state index in [-0.39, 0.29) is 24.4 Å². The third-order valence-electron chi connectivity index (χ3n) is 6.45. The first-order chi connectivity index (χ1) is 16.3. The lowest BCUT2D eigenvalue weighted by atomic mass is 9.90. The summed E-state index contributed by atoms with van der Waals surface area (Å²) in [5, 5.41) is 2.70. The van der Waals surface area contributed by atoms with Crippen LogP contribution in [-0.2, 0) is 11.2 Å². The molecule has 1 aliphatic heterocycles. The monoisotopic (exact) mass is 494 g/mol. The van der Waals surface area contributed by atoms with Gasteiger partial charge in [0.1, 0.15) is 6.54 Å². The first-order valence-electron chi connectivity index (χ1n) is 11.8. The van der Waals surface area contributed by atoms with Crippen molar-refractivity contribution in [2.24, 2.45) is 5.92 Å². The second-order valence-electron chi connectivity index (χ2n) is 9.31. The van der Waals surface area contributed by atoms with Crippen LogP contribution in [0.15, 0.2) is 60.0 Å². The van der Waals surface area contributed by atoms with Crippen LogP contribution in [0.3, 0.4) is 0 Å². The molecule has 6 heteroatoms. The van der Waals surface area contributed by atoms with Gasteiger partial charge in [-0.05, 0) is 78.1 Å². The van der Waals surface area contributed by atoms with E-state index in [9.17, 15) is 9.59 Å². The molecule has 0 bridgehead atoms. The number of thiophene rings is 1. The van der Waals surface area contributed by atoms with Crippen molar-refractivity contribution in [1.29, 1.82) is 0 Å². The summed E-state index contributed by atoms with van der Waals surface area (Å²) in [4.78, 5) is 32.2. The van der Waals surface area contributed by atoms with Crippen molar-refractivity contribution in [3.63, 3.8) is 0 Å². The minimum absolute atomic E-state index is 0.0174. The summed E-state index contributed by atoms with van der Waals surface area (Å²) in [7, 11) is 0. The highest BCUT2D eigenvalue weighted by atomic mass is 35.5. The number of fused-ring (bicyclic) bond motifs is 1. The molecule has 0 fully saturated rings. The number of hydrogen-bond donors (Lipinski definition) is 0. The van der Waals surface area contributed by atoms with Gasteiger partial charge < -0.3 is 9.80 Å². The predicted molar refractivity (Wildman–Crippen MR) is 140 cm³/mol. The third kappa shape index (κ3) is 5.37. The third-order valence-corrected chi connectivity index (χ3v) is 7.70. The molecule has 0 spiro atoms. The van der Waals surface area contributed by atoms with Crippen LogP contribution >= 0.6 is 22.9 Å². The van der Waals surface area contributed by atoms with Gasteiger partial charge in [-0.25, -0.2) is 0 Å². The highest BCUT2D eigenvalue weighted by Crippen LogP contribution is 2.39. The summed E-state index contributed by atoms with van der Waals surface area (Å²) < 4.78 is 0. The Morgan fingerprint density at radius 3 is 2.53 bits per heavy atom. The fourth-order valence-electron chi connectivity index (χ4n) is 4.51. The molecule has 0 aliphatic carbocycles. The van der Waals surface area contributed by atoms with Crippen LogP contribution < -0.4 is 0 Å². The Bertz CT molecular complexity index is 1160. The molecule has 0 saturated carbocycles. The molecule has 1 aromatic heterocycles. The average molecular weight is 495 g/mol. The zero-order valence-corrected chi connectivity index (χ0v) is 21.5. The average Bonchev–Trinajstić information content (AvgIpc) is 3.30. The van der Waals surface area contributed by atoms with Gasteiger partial charge in [-0.2, -0.15) is 0 Å². The van der Waals surface area contributed by atoms with Crippen LogP contribution in [0.1, 0.15) is 58.2 Å². The van der Waals surface area contributed by atoms with Gasteiger partial charge in [0.05, 0.1) is 6.04 Å². The molecule has 2 amide bonds. The smallest absolute Gasteiger partial charge is 0.254 e. The molecular formula is C28H31ClN2O2S. The lowest BCUT2D eigenvalue weighted by Gasteiger charge is -2.38. The SMILES string of the molecule is Cc1ccccc1C1c2ccsc2CCN1C(=O)CN(CCC(C)C)C(=O)c1ccc(Cl)cc1. The minimum atomic E-state index is -0.133. The summed E-state index contributed by atoms with van der Waals surface area (Å²) in [6, 6.07) is 17.2. The molecular weight excluding hydrogens is 464 g/mol. The number of rotatable bonds is 7. The van der Waals surface area contributed by atoms with E-state index >= 15 is 0 Å². The molecule has 34 heavy (non-hydrogen) atoms. The van der Waals surface area contributed by atoms with Crippen molar-refractivity contribution < 1.29 is 9.59 Å². The molecule has 2 aromatic carbocycles. The molecule has 4 nitrogen and oxygen atoms in total. The molecule has 1 atom stereocenters. The van der Waals surface area contributed by atoms with Crippen LogP contribution in [0, 0.1) is 12.8 Å². The highest BCUT2D eigenvalue weighted by molar-refractivity contribution is 7.10. The van der Waals surface area contributed by atoms with E-state index in [1.165, 1.54) is 16.0 Å². The van der Waals surface area contributed by atoms with Gasteiger partial charge in [-0.3, -0.25) is 9.59 Å². The molecule has 1 unspecified atom stereocenters. The van der Waals surface area contributed by atoms with Crippen molar-refractivity contribution in [3.8, 4) is 0 Å². The van der Waals surface area contributed by atoms with Crippen molar-refractivity contribution in [1.82, 2.24) is 9.80 Å². The number of carbonyl (C=O) groups excluding carboxylic acids is 2. The molecule has 0 radical (unpaired) electrons. The van der Waals surface area contributed by atoms with Gasteiger partial charge >= 0.3 is 0 Å². The summed E-state index contributed by atoms with van der Waals surface area (Å²) in [6.45, 7) is 7.61. The number of benzene rings is 2. The van der Waals surface area contributed by atoms with Crippen LogP contribution in [-0.4, -0.2) is 41.2 Å². The molecule has 3 aromatic rings. The van der Waals surface area contributed by atoms with E-state index < -0.39 is 0 Å². The number of halogens is 1. The lowest BCUT2D eigenvalue weighted by Crippen LogP contribution is -2.47.